The summed E-state index contributed by atoms with van der Waals surface area (Å²) in [5.74, 6) is 0.170. The minimum atomic E-state index is -4.66. The molecule has 0 amide bonds. The number of hydrogen-bond donors (Lipinski definition) is 3. The predicted octanol–water partition coefficient (Wildman–Crippen LogP) is 1.81. The van der Waals surface area contributed by atoms with Crippen LogP contribution in [0.5, 0.6) is 0 Å². The third-order valence-corrected chi connectivity index (χ3v) is 5.24. The van der Waals surface area contributed by atoms with Crippen LogP contribution in [-0.2, 0) is 20.9 Å². The third kappa shape index (κ3) is 5.56. The number of aliphatic hydroxyl groups excluding tert-OH is 1. The van der Waals surface area contributed by atoms with Gasteiger partial charge in [0.2, 0.25) is 10.0 Å². The first-order valence-corrected chi connectivity index (χ1v) is 9.28. The number of sulfonamides is 1. The van der Waals surface area contributed by atoms with E-state index in [1.165, 1.54) is 6.92 Å². The maximum atomic E-state index is 12.9. The maximum absolute atomic E-state index is 12.9. The molecule has 0 aromatic heterocycles. The largest absolute Gasteiger partial charge is 0.416 e. The van der Waals surface area contributed by atoms with Gasteiger partial charge >= 0.3 is 6.18 Å². The second-order valence-electron chi connectivity index (χ2n) is 6.02. The second-order valence-corrected chi connectivity index (χ2v) is 7.76. The van der Waals surface area contributed by atoms with E-state index in [2.05, 4.69) is 10.0 Å². The van der Waals surface area contributed by atoms with Gasteiger partial charge in [-0.2, -0.15) is 13.2 Å². The summed E-state index contributed by atoms with van der Waals surface area (Å²) >= 11 is 0. The van der Waals surface area contributed by atoms with Gasteiger partial charge in [0.15, 0.2) is 0 Å². The molecule has 2 atom stereocenters. The molecule has 1 fully saturated rings. The standard InChI is InChI=1S/C15H21F3N2O4S/c1-10(21)7-20-25(22,23)14-6-12(15(16,17)18)2-3-13(14)19-8-11-4-5-24-9-11/h2-3,6,10-11,19-21H,4-5,7-9H2,1H3/t10-,11+/m1/s1. The van der Waals surface area contributed by atoms with E-state index >= 15 is 0 Å². The highest BCUT2D eigenvalue weighted by molar-refractivity contribution is 7.89. The molecule has 142 valence electrons. The van der Waals surface area contributed by atoms with Crippen molar-refractivity contribution in [1.29, 1.82) is 0 Å². The molecule has 3 N–H and O–H groups in total. The van der Waals surface area contributed by atoms with Crippen LogP contribution in [0.15, 0.2) is 23.1 Å². The molecule has 0 spiro atoms. The summed E-state index contributed by atoms with van der Waals surface area (Å²) in [6.07, 6.45) is -4.82. The molecular formula is C15H21F3N2O4S. The smallest absolute Gasteiger partial charge is 0.392 e. The van der Waals surface area contributed by atoms with Crippen LogP contribution in [0.1, 0.15) is 18.9 Å². The fourth-order valence-corrected chi connectivity index (χ4v) is 3.70. The number of aliphatic hydroxyl groups is 1. The Bertz CT molecular complexity index is 687. The number of ether oxygens (including phenoxy) is 1. The van der Waals surface area contributed by atoms with Gasteiger partial charge in [-0.3, -0.25) is 0 Å². The number of nitrogens with one attached hydrogen (secondary N) is 2. The highest BCUT2D eigenvalue weighted by Gasteiger charge is 2.33. The Kier molecular flexibility index (Phi) is 6.30. The molecule has 2 rings (SSSR count). The summed E-state index contributed by atoms with van der Waals surface area (Å²) in [5, 5.41) is 12.1. The molecule has 10 heteroatoms. The van der Waals surface area contributed by atoms with E-state index in [-0.39, 0.29) is 18.2 Å². The van der Waals surface area contributed by atoms with Gasteiger partial charge in [-0.25, -0.2) is 13.1 Å². The van der Waals surface area contributed by atoms with Crippen LogP contribution < -0.4 is 10.0 Å². The van der Waals surface area contributed by atoms with E-state index in [1.807, 2.05) is 0 Å². The van der Waals surface area contributed by atoms with Crippen molar-refractivity contribution in [3.05, 3.63) is 23.8 Å². The molecule has 1 aromatic carbocycles. The number of alkyl halides is 3. The van der Waals surface area contributed by atoms with Crippen LogP contribution in [0.2, 0.25) is 0 Å². The van der Waals surface area contributed by atoms with Gasteiger partial charge in [-0.05, 0) is 31.5 Å². The van der Waals surface area contributed by atoms with Gasteiger partial charge < -0.3 is 15.2 Å². The van der Waals surface area contributed by atoms with Crippen molar-refractivity contribution < 1.29 is 31.4 Å². The molecule has 6 nitrogen and oxygen atoms in total. The first-order chi connectivity index (χ1) is 11.6. The molecule has 25 heavy (non-hydrogen) atoms. The quantitative estimate of drug-likeness (QED) is 0.670. The minimum absolute atomic E-state index is 0.0815. The molecule has 1 saturated heterocycles. The molecule has 1 aliphatic rings. The average Bonchev–Trinajstić information content (AvgIpc) is 3.03. The fraction of sp³-hybridized carbons (Fsp3) is 0.600. The van der Waals surface area contributed by atoms with Gasteiger partial charge in [0.1, 0.15) is 4.90 Å². The number of anilines is 1. The number of benzene rings is 1. The zero-order valence-corrected chi connectivity index (χ0v) is 14.5. The lowest BCUT2D eigenvalue weighted by atomic mass is 10.1. The Morgan fingerprint density at radius 2 is 2.12 bits per heavy atom. The zero-order chi connectivity index (χ0) is 18.7. The lowest BCUT2D eigenvalue weighted by molar-refractivity contribution is -0.137. The molecule has 0 radical (unpaired) electrons. The van der Waals surface area contributed by atoms with Crippen molar-refractivity contribution >= 4 is 15.7 Å². The molecule has 0 unspecified atom stereocenters. The van der Waals surface area contributed by atoms with Crippen LogP contribution in [0.4, 0.5) is 18.9 Å². The van der Waals surface area contributed by atoms with E-state index in [1.54, 1.807) is 0 Å². The first-order valence-electron chi connectivity index (χ1n) is 7.80. The van der Waals surface area contributed by atoms with Crippen molar-refractivity contribution in [2.75, 3.05) is 31.6 Å². The molecule has 1 heterocycles. The van der Waals surface area contributed by atoms with E-state index in [4.69, 9.17) is 4.74 Å². The van der Waals surface area contributed by atoms with Crippen molar-refractivity contribution in [3.63, 3.8) is 0 Å². The van der Waals surface area contributed by atoms with Gasteiger partial charge in [-0.1, -0.05) is 0 Å². The number of rotatable bonds is 7. The van der Waals surface area contributed by atoms with Gasteiger partial charge in [0, 0.05) is 25.6 Å². The Morgan fingerprint density at radius 3 is 2.68 bits per heavy atom. The monoisotopic (exact) mass is 382 g/mol. The number of hydrogen-bond acceptors (Lipinski definition) is 5. The molecule has 1 aromatic rings. The highest BCUT2D eigenvalue weighted by atomic mass is 32.2. The highest BCUT2D eigenvalue weighted by Crippen LogP contribution is 2.33. The van der Waals surface area contributed by atoms with Crippen molar-refractivity contribution in [3.8, 4) is 0 Å². The van der Waals surface area contributed by atoms with E-state index < -0.39 is 32.8 Å². The Hall–Kier alpha value is -1.36. The molecule has 0 saturated carbocycles. The Labute approximate surface area is 144 Å². The van der Waals surface area contributed by atoms with Crippen LogP contribution >= 0.6 is 0 Å². The topological polar surface area (TPSA) is 87.7 Å². The molecule has 0 bridgehead atoms. The average molecular weight is 382 g/mol. The van der Waals surface area contributed by atoms with Crippen molar-refractivity contribution in [2.24, 2.45) is 5.92 Å². The summed E-state index contributed by atoms with van der Waals surface area (Å²) in [4.78, 5) is -0.498. The third-order valence-electron chi connectivity index (χ3n) is 3.77. The zero-order valence-electron chi connectivity index (χ0n) is 13.6. The van der Waals surface area contributed by atoms with E-state index in [0.29, 0.717) is 25.8 Å². The van der Waals surface area contributed by atoms with Crippen LogP contribution in [0.25, 0.3) is 0 Å². The lowest BCUT2D eigenvalue weighted by Crippen LogP contribution is -2.31. The Balaban J connectivity index is 2.30. The van der Waals surface area contributed by atoms with Crippen molar-refractivity contribution in [1.82, 2.24) is 4.72 Å². The summed E-state index contributed by atoms with van der Waals surface area (Å²) in [7, 11) is -4.22. The van der Waals surface area contributed by atoms with Crippen LogP contribution in [0, 0.1) is 5.92 Å². The number of halogens is 3. The summed E-state index contributed by atoms with van der Waals surface area (Å²) < 4.78 is 70.9. The lowest BCUT2D eigenvalue weighted by Gasteiger charge is -2.17. The van der Waals surface area contributed by atoms with E-state index in [0.717, 1.165) is 18.6 Å². The van der Waals surface area contributed by atoms with Crippen LogP contribution in [-0.4, -0.2) is 45.9 Å². The summed E-state index contributed by atoms with van der Waals surface area (Å²) in [5.41, 5.74) is -0.974. The van der Waals surface area contributed by atoms with Gasteiger partial charge in [-0.15, -0.1) is 0 Å². The molecule has 1 aliphatic heterocycles. The Morgan fingerprint density at radius 1 is 1.40 bits per heavy atom. The summed E-state index contributed by atoms with van der Waals surface area (Å²) in [6.45, 7) is 2.60. The first kappa shape index (κ1) is 20.0. The van der Waals surface area contributed by atoms with Crippen molar-refractivity contribution in [2.45, 2.75) is 30.5 Å². The second kappa shape index (κ2) is 7.90. The van der Waals surface area contributed by atoms with Gasteiger partial charge in [0.05, 0.1) is 24.0 Å². The van der Waals surface area contributed by atoms with E-state index in [9.17, 15) is 26.7 Å². The van der Waals surface area contributed by atoms with Crippen LogP contribution in [0.3, 0.4) is 0 Å². The minimum Gasteiger partial charge on any atom is -0.392 e. The summed E-state index contributed by atoms with van der Waals surface area (Å²) in [6, 6.07) is 2.54. The molecular weight excluding hydrogens is 361 g/mol. The molecule has 0 aliphatic carbocycles. The normalized spacial score (nSPS) is 19.8. The fourth-order valence-electron chi connectivity index (χ4n) is 2.37. The maximum Gasteiger partial charge on any atom is 0.416 e. The SMILES string of the molecule is C[C@@H](O)CNS(=O)(=O)c1cc(C(F)(F)F)ccc1NC[C@@H]1CCOC1. The predicted molar refractivity (Wildman–Crippen MR) is 85.7 cm³/mol. The van der Waals surface area contributed by atoms with Gasteiger partial charge in [0.25, 0.3) is 0 Å².